The van der Waals surface area contributed by atoms with E-state index in [0.717, 1.165) is 4.47 Å². The van der Waals surface area contributed by atoms with Crippen LogP contribution in [-0.2, 0) is 0 Å². The van der Waals surface area contributed by atoms with Gasteiger partial charge in [-0.05, 0) is 19.1 Å². The summed E-state index contributed by atoms with van der Waals surface area (Å²) in [5.41, 5.74) is 0.592. The van der Waals surface area contributed by atoms with E-state index in [0.29, 0.717) is 30.3 Å². The van der Waals surface area contributed by atoms with Crippen molar-refractivity contribution >= 4 is 15.9 Å². The Bertz CT molecular complexity index is 352. The minimum absolute atomic E-state index is 0.523. The molecule has 0 saturated carbocycles. The van der Waals surface area contributed by atoms with Gasteiger partial charge in [-0.15, -0.1) is 0 Å². The Labute approximate surface area is 90.1 Å². The molecule has 1 heterocycles. The molecule has 0 bridgehead atoms. The number of ether oxygens (including phenoxy) is 2. The van der Waals surface area contributed by atoms with E-state index >= 15 is 0 Å². The highest BCUT2D eigenvalue weighted by atomic mass is 79.9. The summed E-state index contributed by atoms with van der Waals surface area (Å²) in [5, 5.41) is 0. The summed E-state index contributed by atoms with van der Waals surface area (Å²) in [4.78, 5) is 0. The largest absolute Gasteiger partial charge is 0.486 e. The summed E-state index contributed by atoms with van der Waals surface area (Å²) in [6.45, 7) is 2.56. The molecule has 76 valence electrons. The minimum Gasteiger partial charge on any atom is -0.486 e. The Morgan fingerprint density at radius 3 is 2.43 bits per heavy atom. The van der Waals surface area contributed by atoms with Crippen LogP contribution in [-0.4, -0.2) is 13.2 Å². The second-order valence-electron chi connectivity index (χ2n) is 3.13. The van der Waals surface area contributed by atoms with Crippen molar-refractivity contribution in [2.75, 3.05) is 13.2 Å². The predicted octanol–water partition coefficient (Wildman–Crippen LogP) is 3.25. The summed E-state index contributed by atoms with van der Waals surface area (Å²) in [6.07, 6.45) is -1.01. The fourth-order valence-electron chi connectivity index (χ4n) is 1.38. The van der Waals surface area contributed by atoms with Crippen molar-refractivity contribution in [3.05, 3.63) is 22.2 Å². The van der Waals surface area contributed by atoms with Gasteiger partial charge < -0.3 is 9.47 Å². The molecule has 4 heteroatoms. The predicted molar refractivity (Wildman–Crippen MR) is 54.7 cm³/mol. The number of fused-ring (bicyclic) bond motifs is 1. The molecule has 2 nitrogen and oxygen atoms in total. The van der Waals surface area contributed by atoms with Crippen molar-refractivity contribution in [3.63, 3.8) is 0 Å². The van der Waals surface area contributed by atoms with E-state index in [9.17, 15) is 4.39 Å². The first-order valence-corrected chi connectivity index (χ1v) is 5.21. The van der Waals surface area contributed by atoms with Gasteiger partial charge in [-0.1, -0.05) is 15.9 Å². The SMILES string of the molecule is CC(F)c1cc2c(cc1Br)OCCO2. The number of rotatable bonds is 1. The zero-order valence-electron chi connectivity index (χ0n) is 7.72. The molecule has 0 N–H and O–H groups in total. The second kappa shape index (κ2) is 3.77. The smallest absolute Gasteiger partial charge is 0.162 e. The number of benzene rings is 1. The van der Waals surface area contributed by atoms with Gasteiger partial charge in [0.05, 0.1) is 0 Å². The van der Waals surface area contributed by atoms with Crippen LogP contribution in [0.3, 0.4) is 0 Å². The van der Waals surface area contributed by atoms with Gasteiger partial charge in [0.1, 0.15) is 19.4 Å². The maximum atomic E-state index is 13.1. The van der Waals surface area contributed by atoms with Gasteiger partial charge in [-0.25, -0.2) is 4.39 Å². The second-order valence-corrected chi connectivity index (χ2v) is 3.99. The minimum atomic E-state index is -1.01. The first-order chi connectivity index (χ1) is 6.68. The van der Waals surface area contributed by atoms with Crippen LogP contribution in [0.4, 0.5) is 4.39 Å². The molecule has 1 aliphatic heterocycles. The van der Waals surface area contributed by atoms with E-state index in [4.69, 9.17) is 9.47 Å². The van der Waals surface area contributed by atoms with Crippen LogP contribution < -0.4 is 9.47 Å². The lowest BCUT2D eigenvalue weighted by Gasteiger charge is -2.20. The lowest BCUT2D eigenvalue weighted by molar-refractivity contribution is 0.171. The zero-order valence-corrected chi connectivity index (χ0v) is 9.30. The molecular weight excluding hydrogens is 251 g/mol. The summed E-state index contributed by atoms with van der Waals surface area (Å²) in [5.74, 6) is 1.30. The van der Waals surface area contributed by atoms with Crippen molar-refractivity contribution in [3.8, 4) is 11.5 Å². The molecule has 1 aliphatic rings. The lowest BCUT2D eigenvalue weighted by Crippen LogP contribution is -2.15. The maximum absolute atomic E-state index is 13.1. The van der Waals surface area contributed by atoms with Gasteiger partial charge in [0.2, 0.25) is 0 Å². The molecule has 0 saturated heterocycles. The summed E-state index contributed by atoms with van der Waals surface area (Å²) in [7, 11) is 0. The average Bonchev–Trinajstić information content (AvgIpc) is 2.16. The first kappa shape index (κ1) is 9.77. The van der Waals surface area contributed by atoms with Crippen LogP contribution in [0, 0.1) is 0 Å². The highest BCUT2D eigenvalue weighted by Crippen LogP contribution is 2.38. The highest BCUT2D eigenvalue weighted by Gasteiger charge is 2.17. The lowest BCUT2D eigenvalue weighted by atomic mass is 10.1. The molecule has 2 rings (SSSR count). The molecule has 0 fully saturated rings. The fourth-order valence-corrected chi connectivity index (χ4v) is 2.02. The van der Waals surface area contributed by atoms with E-state index < -0.39 is 6.17 Å². The van der Waals surface area contributed by atoms with E-state index in [2.05, 4.69) is 15.9 Å². The monoisotopic (exact) mass is 260 g/mol. The third kappa shape index (κ3) is 1.71. The zero-order chi connectivity index (χ0) is 10.1. The summed E-state index contributed by atoms with van der Waals surface area (Å²) >= 11 is 3.30. The van der Waals surface area contributed by atoms with Gasteiger partial charge in [0, 0.05) is 10.0 Å². The Balaban J connectivity index is 2.45. The Kier molecular flexibility index (Phi) is 2.63. The van der Waals surface area contributed by atoms with E-state index in [1.807, 2.05) is 0 Å². The number of hydrogen-bond donors (Lipinski definition) is 0. The van der Waals surface area contributed by atoms with Gasteiger partial charge in [0.15, 0.2) is 11.5 Å². The van der Waals surface area contributed by atoms with Crippen LogP contribution in [0.25, 0.3) is 0 Å². The maximum Gasteiger partial charge on any atom is 0.162 e. The standard InChI is InChI=1S/C10H10BrFO2/c1-6(12)7-4-9-10(5-8(7)11)14-3-2-13-9/h4-6H,2-3H2,1H3. The van der Waals surface area contributed by atoms with Crippen molar-refractivity contribution in [1.82, 2.24) is 0 Å². The molecule has 0 amide bonds. The fraction of sp³-hybridized carbons (Fsp3) is 0.400. The van der Waals surface area contributed by atoms with Crippen LogP contribution in [0.5, 0.6) is 11.5 Å². The summed E-state index contributed by atoms with van der Waals surface area (Å²) < 4.78 is 24.6. The molecule has 1 atom stereocenters. The molecule has 0 radical (unpaired) electrons. The number of alkyl halides is 1. The van der Waals surface area contributed by atoms with E-state index in [1.165, 1.54) is 6.92 Å². The Morgan fingerprint density at radius 1 is 1.29 bits per heavy atom. The van der Waals surface area contributed by atoms with Crippen molar-refractivity contribution in [1.29, 1.82) is 0 Å². The van der Waals surface area contributed by atoms with Crippen LogP contribution >= 0.6 is 15.9 Å². The van der Waals surface area contributed by atoms with E-state index in [1.54, 1.807) is 12.1 Å². The van der Waals surface area contributed by atoms with Crippen LogP contribution in [0.2, 0.25) is 0 Å². The van der Waals surface area contributed by atoms with Gasteiger partial charge >= 0.3 is 0 Å². The van der Waals surface area contributed by atoms with Gasteiger partial charge in [-0.2, -0.15) is 0 Å². The average molecular weight is 261 g/mol. The van der Waals surface area contributed by atoms with Gasteiger partial charge in [0.25, 0.3) is 0 Å². The van der Waals surface area contributed by atoms with Gasteiger partial charge in [-0.3, -0.25) is 0 Å². The topological polar surface area (TPSA) is 18.5 Å². The van der Waals surface area contributed by atoms with Crippen molar-refractivity contribution in [2.24, 2.45) is 0 Å². The van der Waals surface area contributed by atoms with Crippen molar-refractivity contribution < 1.29 is 13.9 Å². The molecule has 1 aromatic carbocycles. The van der Waals surface area contributed by atoms with Crippen LogP contribution in [0.1, 0.15) is 18.7 Å². The Hall–Kier alpha value is -0.770. The molecule has 14 heavy (non-hydrogen) atoms. The quantitative estimate of drug-likeness (QED) is 0.772. The summed E-state index contributed by atoms with van der Waals surface area (Å²) in [6, 6.07) is 3.43. The van der Waals surface area contributed by atoms with Crippen molar-refractivity contribution in [2.45, 2.75) is 13.1 Å². The molecule has 1 unspecified atom stereocenters. The third-order valence-electron chi connectivity index (χ3n) is 2.09. The molecule has 1 aromatic rings. The highest BCUT2D eigenvalue weighted by molar-refractivity contribution is 9.10. The molecule has 0 spiro atoms. The van der Waals surface area contributed by atoms with Crippen LogP contribution in [0.15, 0.2) is 16.6 Å². The molecule has 0 aromatic heterocycles. The molecular formula is C10H10BrFO2. The number of halogens is 2. The third-order valence-corrected chi connectivity index (χ3v) is 2.78. The number of hydrogen-bond acceptors (Lipinski definition) is 2. The normalized spacial score (nSPS) is 16.5. The first-order valence-electron chi connectivity index (χ1n) is 4.41. The Morgan fingerprint density at radius 2 is 1.86 bits per heavy atom. The molecule has 0 aliphatic carbocycles. The van der Waals surface area contributed by atoms with E-state index in [-0.39, 0.29) is 0 Å².